The van der Waals surface area contributed by atoms with E-state index < -0.39 is 15.8 Å². The maximum Gasteiger partial charge on any atom is 0.227 e. The van der Waals surface area contributed by atoms with Gasteiger partial charge in [-0.15, -0.1) is 0 Å². The van der Waals surface area contributed by atoms with Gasteiger partial charge in [0.2, 0.25) is 10.0 Å². The van der Waals surface area contributed by atoms with Crippen LogP contribution in [0.2, 0.25) is 0 Å². The molecule has 1 aliphatic heterocycles. The van der Waals surface area contributed by atoms with E-state index in [1.165, 1.54) is 4.31 Å². The third-order valence-corrected chi connectivity index (χ3v) is 3.74. The Morgan fingerprint density at radius 1 is 1.43 bits per heavy atom. The van der Waals surface area contributed by atoms with Gasteiger partial charge in [0.25, 0.3) is 0 Å². The molecule has 0 aliphatic carbocycles. The van der Waals surface area contributed by atoms with E-state index in [1.807, 2.05) is 13.8 Å². The van der Waals surface area contributed by atoms with Crippen molar-refractivity contribution >= 4 is 10.0 Å². The molecule has 0 amide bonds. The predicted molar refractivity (Wildman–Crippen MR) is 53.0 cm³/mol. The molecule has 0 aromatic rings. The number of nitrogens with one attached hydrogen (secondary N) is 1. The lowest BCUT2D eigenvalue weighted by atomic mass is 10.2. The zero-order chi connectivity index (χ0) is 10.8. The first-order valence-electron chi connectivity index (χ1n) is 4.56. The number of nitrogens with zero attached hydrogens (tertiary/aromatic N) is 2. The van der Waals surface area contributed by atoms with Gasteiger partial charge in [-0.3, -0.25) is 0 Å². The van der Waals surface area contributed by atoms with Crippen molar-refractivity contribution in [1.29, 1.82) is 5.26 Å². The summed E-state index contributed by atoms with van der Waals surface area (Å²) in [7, 11) is -3.37. The second kappa shape index (κ2) is 4.26. The number of rotatable bonds is 2. The van der Waals surface area contributed by atoms with Gasteiger partial charge in [-0.2, -0.15) is 9.57 Å². The molecule has 2 unspecified atom stereocenters. The molecule has 1 N–H and O–H groups in total. The first-order chi connectivity index (χ1) is 6.45. The highest BCUT2D eigenvalue weighted by Crippen LogP contribution is 2.09. The lowest BCUT2D eigenvalue weighted by molar-refractivity contribution is 0.263. The molecule has 80 valence electrons. The molecule has 5 nitrogen and oxygen atoms in total. The molecular weight excluding hydrogens is 202 g/mol. The fourth-order valence-corrected chi connectivity index (χ4v) is 2.92. The highest BCUT2D eigenvalue weighted by atomic mass is 32.2. The van der Waals surface area contributed by atoms with Crippen LogP contribution < -0.4 is 5.32 Å². The lowest BCUT2D eigenvalue weighted by Gasteiger charge is -2.34. The summed E-state index contributed by atoms with van der Waals surface area (Å²) in [5.41, 5.74) is 0. The monoisotopic (exact) mass is 217 g/mol. The van der Waals surface area contributed by atoms with E-state index in [0.29, 0.717) is 13.1 Å². The topological polar surface area (TPSA) is 73.2 Å². The van der Waals surface area contributed by atoms with Crippen LogP contribution in [0.25, 0.3) is 0 Å². The van der Waals surface area contributed by atoms with E-state index in [9.17, 15) is 8.42 Å². The van der Waals surface area contributed by atoms with Gasteiger partial charge in [-0.25, -0.2) is 8.42 Å². The van der Waals surface area contributed by atoms with Crippen LogP contribution in [-0.4, -0.2) is 43.6 Å². The molecule has 1 rings (SSSR count). The smallest absolute Gasteiger partial charge is 0.227 e. The van der Waals surface area contributed by atoms with Gasteiger partial charge in [-0.1, -0.05) is 0 Å². The van der Waals surface area contributed by atoms with E-state index in [4.69, 9.17) is 5.26 Å². The van der Waals surface area contributed by atoms with Crippen molar-refractivity contribution < 1.29 is 8.42 Å². The molecule has 1 saturated heterocycles. The molecule has 0 aromatic carbocycles. The quantitative estimate of drug-likeness (QED) is 0.678. The highest BCUT2D eigenvalue weighted by molar-refractivity contribution is 7.89. The second-order valence-electron chi connectivity index (χ2n) is 3.70. The first kappa shape index (κ1) is 11.4. The normalized spacial score (nSPS) is 29.8. The lowest BCUT2D eigenvalue weighted by Crippen LogP contribution is -2.56. The summed E-state index contributed by atoms with van der Waals surface area (Å²) in [6, 6.07) is 1.98. The zero-order valence-electron chi connectivity index (χ0n) is 8.40. The van der Waals surface area contributed by atoms with Crippen LogP contribution in [0.3, 0.4) is 0 Å². The minimum absolute atomic E-state index is 0.146. The van der Waals surface area contributed by atoms with Crippen LogP contribution in [0.4, 0.5) is 0 Å². The average molecular weight is 217 g/mol. The molecule has 1 heterocycles. The van der Waals surface area contributed by atoms with Gasteiger partial charge < -0.3 is 5.32 Å². The molecule has 1 aliphatic rings. The summed E-state index contributed by atoms with van der Waals surface area (Å²) in [6.07, 6.45) is 0. The van der Waals surface area contributed by atoms with Crippen molar-refractivity contribution in [2.75, 3.05) is 18.8 Å². The number of sulfonamides is 1. The van der Waals surface area contributed by atoms with Gasteiger partial charge in [0.05, 0.1) is 6.07 Å². The van der Waals surface area contributed by atoms with Crippen molar-refractivity contribution in [2.24, 2.45) is 0 Å². The fraction of sp³-hybridized carbons (Fsp3) is 0.875. The maximum absolute atomic E-state index is 11.6. The Morgan fingerprint density at radius 3 is 2.36 bits per heavy atom. The fourth-order valence-electron chi connectivity index (χ4n) is 1.68. The SMILES string of the molecule is CC1CN(S(=O)(=O)CC#N)CC(C)N1. The van der Waals surface area contributed by atoms with Crippen LogP contribution in [0.5, 0.6) is 0 Å². The maximum atomic E-state index is 11.6. The van der Waals surface area contributed by atoms with Crippen LogP contribution in [0, 0.1) is 11.3 Å². The van der Waals surface area contributed by atoms with Crippen LogP contribution >= 0.6 is 0 Å². The number of hydrogen-bond acceptors (Lipinski definition) is 4. The Balaban J connectivity index is 2.74. The Bertz CT molecular complexity index is 323. The molecule has 0 saturated carbocycles. The van der Waals surface area contributed by atoms with Crippen molar-refractivity contribution in [1.82, 2.24) is 9.62 Å². The Labute approximate surface area is 84.8 Å². The Kier molecular flexibility index (Phi) is 3.48. The summed E-state index contributed by atoms with van der Waals surface area (Å²) >= 11 is 0. The van der Waals surface area contributed by atoms with E-state index in [-0.39, 0.29) is 12.1 Å². The molecular formula is C8H15N3O2S. The van der Waals surface area contributed by atoms with Gasteiger partial charge in [0.1, 0.15) is 0 Å². The minimum Gasteiger partial charge on any atom is -0.309 e. The molecule has 2 atom stereocenters. The standard InChI is InChI=1S/C8H15N3O2S/c1-7-5-11(6-8(2)10-7)14(12,13)4-3-9/h7-8,10H,4-6H2,1-2H3. The molecule has 1 fully saturated rings. The zero-order valence-corrected chi connectivity index (χ0v) is 9.21. The summed E-state index contributed by atoms with van der Waals surface area (Å²) in [5.74, 6) is -0.424. The van der Waals surface area contributed by atoms with Crippen molar-refractivity contribution in [3.63, 3.8) is 0 Å². The number of hydrogen-bond donors (Lipinski definition) is 1. The highest BCUT2D eigenvalue weighted by Gasteiger charge is 2.29. The van der Waals surface area contributed by atoms with Crippen molar-refractivity contribution in [2.45, 2.75) is 25.9 Å². The molecule has 0 spiro atoms. The van der Waals surface area contributed by atoms with Crippen LogP contribution in [0.1, 0.15) is 13.8 Å². The average Bonchev–Trinajstić information content (AvgIpc) is 2.02. The summed E-state index contributed by atoms with van der Waals surface area (Å²) in [4.78, 5) is 0. The molecule has 14 heavy (non-hydrogen) atoms. The predicted octanol–water partition coefficient (Wildman–Crippen LogP) is -0.478. The largest absolute Gasteiger partial charge is 0.309 e. The van der Waals surface area contributed by atoms with Gasteiger partial charge in [0, 0.05) is 25.2 Å². The van der Waals surface area contributed by atoms with Crippen molar-refractivity contribution in [3.05, 3.63) is 0 Å². The molecule has 0 bridgehead atoms. The molecule has 0 radical (unpaired) electrons. The van der Waals surface area contributed by atoms with Crippen molar-refractivity contribution in [3.8, 4) is 6.07 Å². The summed E-state index contributed by atoms with van der Waals surface area (Å²) in [5, 5.41) is 11.6. The van der Waals surface area contributed by atoms with E-state index in [1.54, 1.807) is 6.07 Å². The second-order valence-corrected chi connectivity index (χ2v) is 5.67. The Hall–Kier alpha value is -0.640. The third kappa shape index (κ3) is 2.67. The first-order valence-corrected chi connectivity index (χ1v) is 6.17. The van der Waals surface area contributed by atoms with Gasteiger partial charge in [-0.05, 0) is 13.8 Å². The molecule has 0 aromatic heterocycles. The number of piperazine rings is 1. The van der Waals surface area contributed by atoms with E-state index in [2.05, 4.69) is 5.32 Å². The van der Waals surface area contributed by atoms with E-state index >= 15 is 0 Å². The number of nitriles is 1. The minimum atomic E-state index is -3.37. The Morgan fingerprint density at radius 2 is 1.93 bits per heavy atom. The van der Waals surface area contributed by atoms with Gasteiger partial charge in [0.15, 0.2) is 5.75 Å². The van der Waals surface area contributed by atoms with Crippen LogP contribution in [0.15, 0.2) is 0 Å². The van der Waals surface area contributed by atoms with E-state index in [0.717, 1.165) is 0 Å². The van der Waals surface area contributed by atoms with Crippen LogP contribution in [-0.2, 0) is 10.0 Å². The summed E-state index contributed by atoms with van der Waals surface area (Å²) < 4.78 is 24.5. The van der Waals surface area contributed by atoms with Gasteiger partial charge >= 0.3 is 0 Å². The molecule has 6 heteroatoms. The summed E-state index contributed by atoms with van der Waals surface area (Å²) in [6.45, 7) is 4.78. The third-order valence-electron chi connectivity index (χ3n) is 2.16.